The molecule has 0 aliphatic heterocycles. The number of carbonyl (C=O) groups is 1. The van der Waals surface area contributed by atoms with E-state index in [-0.39, 0.29) is 18.3 Å². The molecule has 140 valence electrons. The molecule has 0 saturated carbocycles. The zero-order valence-electron chi connectivity index (χ0n) is 15.7. The number of fused-ring (bicyclic) bond motifs is 1. The van der Waals surface area contributed by atoms with Crippen LogP contribution < -0.4 is 4.90 Å². The third kappa shape index (κ3) is 4.06. The minimum Gasteiger partial charge on any atom is -0.308 e. The van der Waals surface area contributed by atoms with Crippen molar-refractivity contribution >= 4 is 45.0 Å². The molecular weight excluding hydrogens is 370 g/mol. The van der Waals surface area contributed by atoms with Crippen molar-refractivity contribution in [1.82, 2.24) is 19.7 Å². The SMILES string of the molecule is Cc1ccc2nc(N(CCN(C)C)C(=O)c3c(C)cnn3C)sc2c1.Cl. The second-order valence-electron chi connectivity index (χ2n) is 6.53. The Labute approximate surface area is 163 Å². The summed E-state index contributed by atoms with van der Waals surface area (Å²) in [5.74, 6) is -0.0601. The molecule has 0 radical (unpaired) electrons. The van der Waals surface area contributed by atoms with Gasteiger partial charge in [-0.25, -0.2) is 4.98 Å². The average molecular weight is 394 g/mol. The van der Waals surface area contributed by atoms with Crippen LogP contribution in [0.4, 0.5) is 5.13 Å². The van der Waals surface area contributed by atoms with Crippen molar-refractivity contribution in [3.63, 3.8) is 0 Å². The van der Waals surface area contributed by atoms with Crippen LogP contribution in [0.1, 0.15) is 21.6 Å². The van der Waals surface area contributed by atoms with Gasteiger partial charge in [-0.1, -0.05) is 17.4 Å². The standard InChI is InChI=1S/C18H23N5OS.ClH/c1-12-6-7-14-15(10-12)25-18(20-14)23(9-8-21(3)4)17(24)16-13(2)11-19-22(16)5;/h6-7,10-11H,8-9H2,1-5H3;1H. The minimum absolute atomic E-state index is 0. The molecule has 1 amide bonds. The number of halogens is 1. The monoisotopic (exact) mass is 393 g/mol. The molecule has 8 heteroatoms. The van der Waals surface area contributed by atoms with Crippen LogP contribution in [0.3, 0.4) is 0 Å². The number of aromatic nitrogens is 3. The number of nitrogens with zero attached hydrogens (tertiary/aromatic N) is 5. The number of rotatable bonds is 5. The van der Waals surface area contributed by atoms with Gasteiger partial charge in [0, 0.05) is 20.1 Å². The van der Waals surface area contributed by atoms with Crippen LogP contribution in [0.15, 0.2) is 24.4 Å². The van der Waals surface area contributed by atoms with Gasteiger partial charge >= 0.3 is 0 Å². The first kappa shape index (κ1) is 20.4. The molecule has 3 aromatic rings. The van der Waals surface area contributed by atoms with Gasteiger partial charge in [-0.3, -0.25) is 14.4 Å². The molecule has 6 nitrogen and oxygen atoms in total. The van der Waals surface area contributed by atoms with Crippen LogP contribution in [0.2, 0.25) is 0 Å². The molecule has 3 rings (SSSR count). The third-order valence-corrected chi connectivity index (χ3v) is 5.14. The number of benzene rings is 1. The summed E-state index contributed by atoms with van der Waals surface area (Å²) in [6, 6.07) is 6.16. The fourth-order valence-electron chi connectivity index (χ4n) is 2.70. The number of hydrogen-bond acceptors (Lipinski definition) is 5. The van der Waals surface area contributed by atoms with Gasteiger partial charge in [0.15, 0.2) is 5.13 Å². The highest BCUT2D eigenvalue weighted by Crippen LogP contribution is 2.30. The minimum atomic E-state index is -0.0601. The van der Waals surface area contributed by atoms with E-state index >= 15 is 0 Å². The Morgan fingerprint density at radius 3 is 2.58 bits per heavy atom. The van der Waals surface area contributed by atoms with E-state index in [1.165, 1.54) is 5.56 Å². The van der Waals surface area contributed by atoms with Gasteiger partial charge in [-0.2, -0.15) is 5.10 Å². The number of likely N-dealkylation sites (N-methyl/N-ethyl adjacent to an activating group) is 1. The summed E-state index contributed by atoms with van der Waals surface area (Å²) in [6.07, 6.45) is 1.72. The number of anilines is 1. The number of aryl methyl sites for hydroxylation is 3. The van der Waals surface area contributed by atoms with Crippen molar-refractivity contribution in [1.29, 1.82) is 0 Å². The molecule has 0 aliphatic rings. The first-order valence-corrected chi connectivity index (χ1v) is 9.01. The lowest BCUT2D eigenvalue weighted by Crippen LogP contribution is -2.38. The summed E-state index contributed by atoms with van der Waals surface area (Å²) < 4.78 is 2.73. The fraction of sp³-hybridized carbons (Fsp3) is 0.389. The van der Waals surface area contributed by atoms with E-state index in [9.17, 15) is 4.79 Å². The third-order valence-electron chi connectivity index (χ3n) is 4.10. The lowest BCUT2D eigenvalue weighted by Gasteiger charge is -2.22. The zero-order chi connectivity index (χ0) is 18.1. The van der Waals surface area contributed by atoms with Crippen LogP contribution in [-0.4, -0.2) is 52.8 Å². The van der Waals surface area contributed by atoms with Crippen LogP contribution in [0.5, 0.6) is 0 Å². The second-order valence-corrected chi connectivity index (χ2v) is 7.54. The Hall–Kier alpha value is -1.96. The Morgan fingerprint density at radius 2 is 1.96 bits per heavy atom. The predicted molar refractivity (Wildman–Crippen MR) is 110 cm³/mol. The number of carbonyl (C=O) groups excluding carboxylic acids is 1. The average Bonchev–Trinajstić information content (AvgIpc) is 3.09. The fourth-order valence-corrected chi connectivity index (χ4v) is 3.79. The molecule has 0 N–H and O–H groups in total. The molecular formula is C18H24ClN5OS. The summed E-state index contributed by atoms with van der Waals surface area (Å²) >= 11 is 1.55. The first-order chi connectivity index (χ1) is 11.9. The normalized spacial score (nSPS) is 11.0. The molecule has 0 atom stereocenters. The van der Waals surface area contributed by atoms with Crippen molar-refractivity contribution in [3.05, 3.63) is 41.2 Å². The number of thiazole rings is 1. The highest BCUT2D eigenvalue weighted by atomic mass is 35.5. The lowest BCUT2D eigenvalue weighted by atomic mass is 10.2. The molecule has 0 unspecified atom stereocenters. The van der Waals surface area contributed by atoms with Gasteiger partial charge in [0.05, 0.1) is 16.4 Å². The van der Waals surface area contributed by atoms with Crippen LogP contribution >= 0.6 is 23.7 Å². The molecule has 0 bridgehead atoms. The van der Waals surface area contributed by atoms with Gasteiger partial charge in [-0.05, 0) is 51.2 Å². The summed E-state index contributed by atoms with van der Waals surface area (Å²) in [6.45, 7) is 5.31. The maximum absolute atomic E-state index is 13.2. The van der Waals surface area contributed by atoms with Crippen molar-refractivity contribution in [2.75, 3.05) is 32.1 Å². The van der Waals surface area contributed by atoms with Crippen LogP contribution in [0.25, 0.3) is 10.2 Å². The lowest BCUT2D eigenvalue weighted by molar-refractivity contribution is 0.0975. The molecule has 2 aromatic heterocycles. The maximum atomic E-state index is 13.2. The molecule has 0 aliphatic carbocycles. The smallest absolute Gasteiger partial charge is 0.278 e. The van der Waals surface area contributed by atoms with Gasteiger partial charge in [-0.15, -0.1) is 12.4 Å². The Bertz CT molecular complexity index is 898. The summed E-state index contributed by atoms with van der Waals surface area (Å²) in [5, 5.41) is 4.93. The summed E-state index contributed by atoms with van der Waals surface area (Å²) in [7, 11) is 5.80. The Morgan fingerprint density at radius 1 is 1.23 bits per heavy atom. The van der Waals surface area contributed by atoms with E-state index in [4.69, 9.17) is 4.98 Å². The quantitative estimate of drug-likeness (QED) is 0.667. The van der Waals surface area contributed by atoms with Gasteiger partial charge in [0.2, 0.25) is 0 Å². The van der Waals surface area contributed by atoms with Crippen molar-refractivity contribution in [2.24, 2.45) is 7.05 Å². The van der Waals surface area contributed by atoms with E-state index in [0.29, 0.717) is 12.2 Å². The van der Waals surface area contributed by atoms with Gasteiger partial charge < -0.3 is 4.90 Å². The van der Waals surface area contributed by atoms with Gasteiger partial charge in [0.1, 0.15) is 5.69 Å². The molecule has 0 fully saturated rings. The number of hydrogen-bond donors (Lipinski definition) is 0. The number of amides is 1. The van der Waals surface area contributed by atoms with Crippen LogP contribution in [-0.2, 0) is 7.05 Å². The Balaban J connectivity index is 0.00000243. The van der Waals surface area contributed by atoms with Crippen molar-refractivity contribution in [2.45, 2.75) is 13.8 Å². The maximum Gasteiger partial charge on any atom is 0.278 e. The van der Waals surface area contributed by atoms with Crippen LogP contribution in [0, 0.1) is 13.8 Å². The van der Waals surface area contributed by atoms with E-state index in [2.05, 4.69) is 23.0 Å². The molecule has 0 spiro atoms. The van der Waals surface area contributed by atoms with E-state index in [1.54, 1.807) is 34.2 Å². The molecule has 2 heterocycles. The van der Waals surface area contributed by atoms with Gasteiger partial charge in [0.25, 0.3) is 5.91 Å². The largest absolute Gasteiger partial charge is 0.308 e. The van der Waals surface area contributed by atoms with Crippen molar-refractivity contribution < 1.29 is 4.79 Å². The highest BCUT2D eigenvalue weighted by Gasteiger charge is 2.25. The molecule has 26 heavy (non-hydrogen) atoms. The highest BCUT2D eigenvalue weighted by molar-refractivity contribution is 7.22. The molecule has 1 aromatic carbocycles. The molecule has 0 saturated heterocycles. The zero-order valence-corrected chi connectivity index (χ0v) is 17.3. The van der Waals surface area contributed by atoms with E-state index in [1.807, 2.05) is 33.2 Å². The van der Waals surface area contributed by atoms with E-state index < -0.39 is 0 Å². The predicted octanol–water partition coefficient (Wildman–Crippen LogP) is 3.28. The summed E-state index contributed by atoms with van der Waals surface area (Å²) in [5.41, 5.74) is 3.60. The second kappa shape index (κ2) is 8.16. The van der Waals surface area contributed by atoms with Crippen molar-refractivity contribution in [3.8, 4) is 0 Å². The Kier molecular flexibility index (Phi) is 6.39. The topological polar surface area (TPSA) is 54.3 Å². The first-order valence-electron chi connectivity index (χ1n) is 8.19. The van der Waals surface area contributed by atoms with E-state index in [0.717, 1.165) is 27.5 Å². The summed E-state index contributed by atoms with van der Waals surface area (Å²) in [4.78, 5) is 21.7.